The summed E-state index contributed by atoms with van der Waals surface area (Å²) in [6.45, 7) is 4.25. The molecule has 0 aromatic heterocycles. The molecule has 2 aromatic carbocycles. The topological polar surface area (TPSA) is 92.2 Å². The Hall–Kier alpha value is -3.22. The van der Waals surface area contributed by atoms with E-state index >= 15 is 0 Å². The lowest BCUT2D eigenvalue weighted by Gasteiger charge is -2.14. The Morgan fingerprint density at radius 3 is 2.65 bits per heavy atom. The van der Waals surface area contributed by atoms with E-state index in [1.165, 1.54) is 13.3 Å². The van der Waals surface area contributed by atoms with Crippen molar-refractivity contribution >= 4 is 17.8 Å². The third-order valence-electron chi connectivity index (χ3n) is 3.57. The van der Waals surface area contributed by atoms with E-state index in [0.29, 0.717) is 17.9 Å². The molecular formula is C19H23N3O4. The minimum Gasteiger partial charge on any atom is -0.504 e. The Morgan fingerprint density at radius 2 is 2.00 bits per heavy atom. The van der Waals surface area contributed by atoms with Crippen LogP contribution < -0.4 is 20.2 Å². The fourth-order valence-electron chi connectivity index (χ4n) is 2.20. The third-order valence-corrected chi connectivity index (χ3v) is 3.57. The van der Waals surface area contributed by atoms with Gasteiger partial charge in [0.25, 0.3) is 5.91 Å². The second-order valence-corrected chi connectivity index (χ2v) is 5.46. The predicted octanol–water partition coefficient (Wildman–Crippen LogP) is 2.75. The van der Waals surface area contributed by atoms with Gasteiger partial charge in [-0.1, -0.05) is 6.07 Å². The van der Waals surface area contributed by atoms with Crippen molar-refractivity contribution in [2.24, 2.45) is 5.10 Å². The number of rotatable bonds is 8. The van der Waals surface area contributed by atoms with Gasteiger partial charge in [0.05, 0.1) is 19.9 Å². The molecule has 2 aromatic rings. The van der Waals surface area contributed by atoms with Crippen molar-refractivity contribution in [2.45, 2.75) is 19.9 Å². The molecule has 0 bridgehead atoms. The molecule has 0 saturated carbocycles. The summed E-state index contributed by atoms with van der Waals surface area (Å²) in [7, 11) is 1.46. The highest BCUT2D eigenvalue weighted by molar-refractivity contribution is 5.88. The van der Waals surface area contributed by atoms with Crippen LogP contribution in [0.4, 0.5) is 5.69 Å². The molecule has 138 valence electrons. The average Bonchev–Trinajstić information content (AvgIpc) is 2.64. The van der Waals surface area contributed by atoms with Gasteiger partial charge in [-0.25, -0.2) is 5.43 Å². The first-order chi connectivity index (χ1) is 12.5. The number of nitrogens with zero attached hydrogens (tertiary/aromatic N) is 1. The summed E-state index contributed by atoms with van der Waals surface area (Å²) in [6.07, 6.45) is 1.36. The molecule has 26 heavy (non-hydrogen) atoms. The van der Waals surface area contributed by atoms with Crippen molar-refractivity contribution in [3.63, 3.8) is 0 Å². The van der Waals surface area contributed by atoms with Gasteiger partial charge in [-0.15, -0.1) is 0 Å². The van der Waals surface area contributed by atoms with E-state index in [0.717, 1.165) is 11.4 Å². The maximum Gasteiger partial charge on any atom is 0.262 e. The van der Waals surface area contributed by atoms with E-state index in [1.54, 1.807) is 25.1 Å². The van der Waals surface area contributed by atoms with E-state index in [4.69, 9.17) is 9.47 Å². The van der Waals surface area contributed by atoms with Gasteiger partial charge in [-0.05, 0) is 50.2 Å². The minimum absolute atomic E-state index is 0.0337. The first kappa shape index (κ1) is 19.1. The molecule has 0 aliphatic rings. The molecule has 7 nitrogen and oxygen atoms in total. The van der Waals surface area contributed by atoms with Gasteiger partial charge in [0.1, 0.15) is 11.8 Å². The van der Waals surface area contributed by atoms with Crippen LogP contribution in [0.3, 0.4) is 0 Å². The Bertz CT molecular complexity index is 760. The summed E-state index contributed by atoms with van der Waals surface area (Å²) < 4.78 is 10.4. The highest BCUT2D eigenvalue weighted by Crippen LogP contribution is 2.27. The van der Waals surface area contributed by atoms with E-state index in [2.05, 4.69) is 15.8 Å². The fraction of sp³-hybridized carbons (Fsp3) is 0.263. The zero-order valence-electron chi connectivity index (χ0n) is 15.0. The Labute approximate surface area is 152 Å². The number of carbonyl (C=O) groups is 1. The number of para-hydroxylation sites is 1. The predicted molar refractivity (Wildman–Crippen MR) is 101 cm³/mol. The smallest absolute Gasteiger partial charge is 0.262 e. The number of aromatic hydroxyl groups is 1. The zero-order chi connectivity index (χ0) is 18.9. The summed E-state index contributed by atoms with van der Waals surface area (Å²) in [6, 6.07) is 11.9. The van der Waals surface area contributed by atoms with Gasteiger partial charge in [0.15, 0.2) is 11.5 Å². The van der Waals surface area contributed by atoms with Crippen LogP contribution in [0.1, 0.15) is 19.4 Å². The summed E-state index contributed by atoms with van der Waals surface area (Å²) in [5, 5.41) is 16.9. The van der Waals surface area contributed by atoms with Crippen molar-refractivity contribution in [1.82, 2.24) is 5.43 Å². The monoisotopic (exact) mass is 357 g/mol. The summed E-state index contributed by atoms with van der Waals surface area (Å²) in [5.74, 6) is 0.773. The number of phenols is 1. The lowest BCUT2D eigenvalue weighted by atomic mass is 10.2. The number of anilines is 1. The normalized spacial score (nSPS) is 11.8. The number of hydrogen-bond donors (Lipinski definition) is 3. The van der Waals surface area contributed by atoms with Crippen LogP contribution in [0.5, 0.6) is 17.2 Å². The molecule has 2 rings (SSSR count). The van der Waals surface area contributed by atoms with Crippen molar-refractivity contribution < 1.29 is 19.4 Å². The van der Waals surface area contributed by atoms with Gasteiger partial charge in [-0.3, -0.25) is 4.79 Å². The van der Waals surface area contributed by atoms with Crippen molar-refractivity contribution in [2.75, 3.05) is 19.0 Å². The molecule has 7 heteroatoms. The van der Waals surface area contributed by atoms with Gasteiger partial charge >= 0.3 is 0 Å². The average molecular weight is 357 g/mol. The van der Waals surface area contributed by atoms with Crippen LogP contribution in [0.15, 0.2) is 47.6 Å². The van der Waals surface area contributed by atoms with Gasteiger partial charge in [0, 0.05) is 11.3 Å². The third kappa shape index (κ3) is 5.14. The van der Waals surface area contributed by atoms with Crippen molar-refractivity contribution in [1.29, 1.82) is 0 Å². The first-order valence-corrected chi connectivity index (χ1v) is 8.23. The molecule has 0 heterocycles. The molecule has 1 atom stereocenters. The molecule has 0 unspecified atom stereocenters. The minimum atomic E-state index is -0.496. The zero-order valence-corrected chi connectivity index (χ0v) is 15.0. The fourth-order valence-corrected chi connectivity index (χ4v) is 2.20. The second-order valence-electron chi connectivity index (χ2n) is 5.46. The number of nitrogens with one attached hydrogen (secondary N) is 2. The van der Waals surface area contributed by atoms with Crippen LogP contribution in [-0.2, 0) is 4.79 Å². The molecule has 0 fully saturated rings. The molecule has 1 amide bonds. The van der Waals surface area contributed by atoms with Crippen LogP contribution >= 0.6 is 0 Å². The van der Waals surface area contributed by atoms with E-state index < -0.39 is 6.04 Å². The molecule has 0 saturated heterocycles. The molecule has 0 aliphatic heterocycles. The highest BCUT2D eigenvalue weighted by atomic mass is 16.5. The Morgan fingerprint density at radius 1 is 1.27 bits per heavy atom. The molecule has 3 N–H and O–H groups in total. The highest BCUT2D eigenvalue weighted by Gasteiger charge is 2.12. The van der Waals surface area contributed by atoms with Crippen LogP contribution in [0.25, 0.3) is 0 Å². The molecule has 0 radical (unpaired) electrons. The maximum atomic E-state index is 12.1. The number of ether oxygens (including phenoxy) is 2. The van der Waals surface area contributed by atoms with Crippen LogP contribution in [0, 0.1) is 0 Å². The first-order valence-electron chi connectivity index (χ1n) is 8.23. The van der Waals surface area contributed by atoms with Gasteiger partial charge < -0.3 is 19.9 Å². The number of carbonyl (C=O) groups excluding carboxylic acids is 1. The van der Waals surface area contributed by atoms with E-state index in [9.17, 15) is 9.90 Å². The van der Waals surface area contributed by atoms with Crippen LogP contribution in [0.2, 0.25) is 0 Å². The largest absolute Gasteiger partial charge is 0.504 e. The number of hydrazone groups is 1. The van der Waals surface area contributed by atoms with E-state index in [-0.39, 0.29) is 11.7 Å². The number of hydrogen-bond acceptors (Lipinski definition) is 6. The second kappa shape index (κ2) is 9.31. The molecule has 0 spiro atoms. The van der Waals surface area contributed by atoms with Crippen molar-refractivity contribution in [3.8, 4) is 17.2 Å². The van der Waals surface area contributed by atoms with Gasteiger partial charge in [-0.2, -0.15) is 5.10 Å². The molecular weight excluding hydrogens is 334 g/mol. The summed E-state index contributed by atoms with van der Waals surface area (Å²) in [5.41, 5.74) is 3.68. The lowest BCUT2D eigenvalue weighted by molar-refractivity contribution is -0.121. The number of phenolic OH excluding ortho intramolecular Hbond substituents is 1. The SMILES string of the molecule is CCOc1ccc(N[C@H](C)C(=O)N/N=C/c2cccc(OC)c2O)cc1. The van der Waals surface area contributed by atoms with E-state index in [1.807, 2.05) is 31.2 Å². The quantitative estimate of drug-likeness (QED) is 0.499. The lowest BCUT2D eigenvalue weighted by Crippen LogP contribution is -2.34. The Balaban J connectivity index is 1.90. The number of benzene rings is 2. The number of methoxy groups -OCH3 is 1. The maximum absolute atomic E-state index is 12.1. The summed E-state index contributed by atoms with van der Waals surface area (Å²) in [4.78, 5) is 12.1. The Kier molecular flexibility index (Phi) is 6.84. The summed E-state index contributed by atoms with van der Waals surface area (Å²) >= 11 is 0. The van der Waals surface area contributed by atoms with Crippen molar-refractivity contribution in [3.05, 3.63) is 48.0 Å². The van der Waals surface area contributed by atoms with Gasteiger partial charge in [0.2, 0.25) is 0 Å². The molecule has 0 aliphatic carbocycles. The number of amides is 1. The standard InChI is InChI=1S/C19H23N3O4/c1-4-26-16-10-8-15(9-11-16)21-13(2)19(24)22-20-12-14-6-5-7-17(25-3)18(14)23/h5-13,21,23H,4H2,1-3H3,(H,22,24)/b20-12+/t13-/m1/s1. The van der Waals surface area contributed by atoms with Crippen LogP contribution in [-0.4, -0.2) is 37.0 Å².